The topological polar surface area (TPSA) is 44.8 Å². The predicted molar refractivity (Wildman–Crippen MR) is 255 cm³/mol. The van der Waals surface area contributed by atoms with Gasteiger partial charge in [0.1, 0.15) is 6.10 Å². The van der Waals surface area contributed by atoms with Crippen LogP contribution in [-0.4, -0.2) is 50.1 Å². The summed E-state index contributed by atoms with van der Waals surface area (Å²) in [6, 6.07) is 63.4. The van der Waals surface area contributed by atoms with E-state index in [2.05, 4.69) is 220 Å². The van der Waals surface area contributed by atoms with Gasteiger partial charge in [0.15, 0.2) is 5.78 Å². The van der Waals surface area contributed by atoms with Crippen molar-refractivity contribution in [2.75, 3.05) is 13.2 Å². The highest BCUT2D eigenvalue weighted by Crippen LogP contribution is 2.41. The van der Waals surface area contributed by atoms with E-state index in [1.165, 1.54) is 0 Å². The molecule has 0 heterocycles. The third-order valence-electron chi connectivity index (χ3n) is 11.8. The van der Waals surface area contributed by atoms with Crippen LogP contribution in [0.5, 0.6) is 0 Å². The van der Waals surface area contributed by atoms with Gasteiger partial charge in [0.05, 0.1) is 13.2 Å². The van der Waals surface area contributed by atoms with Crippen LogP contribution in [0.2, 0.25) is 15.1 Å². The maximum atomic E-state index is 15.6. The van der Waals surface area contributed by atoms with Crippen LogP contribution in [0.15, 0.2) is 182 Å². The minimum Gasteiger partial charge on any atom is -0.404 e. The summed E-state index contributed by atoms with van der Waals surface area (Å²) in [4.78, 5) is 15.6. The summed E-state index contributed by atoms with van der Waals surface area (Å²) in [6.45, 7) is 20.2. The largest absolute Gasteiger partial charge is 0.404 e. The van der Waals surface area contributed by atoms with Crippen molar-refractivity contribution in [3.8, 4) is 0 Å². The molecule has 0 spiro atoms. The highest BCUT2D eigenvalue weighted by molar-refractivity contribution is 7.01. The van der Waals surface area contributed by atoms with Gasteiger partial charge in [-0.05, 0) is 46.2 Å². The van der Waals surface area contributed by atoms with Crippen LogP contribution in [0.4, 0.5) is 0 Å². The van der Waals surface area contributed by atoms with Gasteiger partial charge in [0, 0.05) is 0 Å². The van der Waals surface area contributed by atoms with Gasteiger partial charge in [0.25, 0.3) is 25.0 Å². The van der Waals surface area contributed by atoms with E-state index in [0.29, 0.717) is 0 Å². The lowest BCUT2D eigenvalue weighted by molar-refractivity contribution is -0.129. The molecule has 0 saturated carbocycles. The molecule has 0 aliphatic rings. The molecule has 6 rings (SSSR count). The number of ketones is 1. The van der Waals surface area contributed by atoms with Gasteiger partial charge in [-0.2, -0.15) is 0 Å². The van der Waals surface area contributed by atoms with Crippen molar-refractivity contribution in [2.24, 2.45) is 0 Å². The molecule has 0 bridgehead atoms. The van der Waals surface area contributed by atoms with E-state index in [0.717, 1.165) is 31.1 Å². The highest BCUT2D eigenvalue weighted by Gasteiger charge is 2.55. The third-order valence-corrected chi connectivity index (χ3v) is 26.8. The second-order valence-electron chi connectivity index (χ2n) is 18.7. The lowest BCUT2D eigenvalue weighted by Gasteiger charge is -2.47. The smallest absolute Gasteiger partial charge is 0.262 e. The van der Waals surface area contributed by atoms with E-state index in [1.54, 1.807) is 0 Å². The molecular weight excluding hydrogens is 773 g/mol. The Balaban J connectivity index is 1.54. The summed E-state index contributed by atoms with van der Waals surface area (Å²) in [5.41, 5.74) is 0. The fourth-order valence-electron chi connectivity index (χ4n) is 9.09. The summed E-state index contributed by atoms with van der Waals surface area (Å²) >= 11 is 0. The Hall–Kier alpha value is -4.48. The van der Waals surface area contributed by atoms with Crippen LogP contribution in [0.3, 0.4) is 0 Å². The van der Waals surface area contributed by atoms with Crippen LogP contribution in [0.25, 0.3) is 0 Å². The average molecular weight is 835 g/mol. The fraction of sp³-hybridized carbons (Fsp3) is 0.288. The number of Topliss-reactive ketones (excluding diaryl/α,β-unsaturated/α-hetero) is 1. The van der Waals surface area contributed by atoms with E-state index in [9.17, 15) is 0 Å². The molecule has 0 fully saturated rings. The predicted octanol–water partition coefficient (Wildman–Crippen LogP) is 8.65. The van der Waals surface area contributed by atoms with E-state index in [-0.39, 0.29) is 34.1 Å². The molecule has 0 amide bonds. The van der Waals surface area contributed by atoms with E-state index in [1.807, 2.05) is 24.3 Å². The van der Waals surface area contributed by atoms with Crippen LogP contribution in [0, 0.1) is 0 Å². The number of hydrogen-bond donors (Lipinski definition) is 0. The minimum atomic E-state index is -3.24. The van der Waals surface area contributed by atoms with E-state index >= 15 is 4.79 Å². The summed E-state index contributed by atoms with van der Waals surface area (Å²) in [7, 11) is -9.40. The zero-order chi connectivity index (χ0) is 42.4. The molecule has 0 aromatic heterocycles. The molecule has 6 aromatic rings. The first-order chi connectivity index (χ1) is 28.1. The van der Waals surface area contributed by atoms with E-state index < -0.39 is 31.1 Å². The van der Waals surface area contributed by atoms with Gasteiger partial charge < -0.3 is 13.3 Å². The number of carbonyl (C=O) groups is 1. The highest BCUT2D eigenvalue weighted by atomic mass is 28.4. The van der Waals surface area contributed by atoms with Crippen molar-refractivity contribution in [1.29, 1.82) is 0 Å². The monoisotopic (exact) mass is 834 g/mol. The molecule has 4 nitrogen and oxygen atoms in total. The quantitative estimate of drug-likeness (QED) is 0.0973. The van der Waals surface area contributed by atoms with Gasteiger partial charge in [-0.1, -0.05) is 244 Å². The molecule has 0 aliphatic heterocycles. The standard InChI is InChI=1S/C52H62O4Si3/c1-50(2,3)57(42-28-16-10-17-29-42,43-30-18-11-19-31-43)54-40-48(53)49(56-59(52(7,8)9,46-36-24-14-25-37-46)47-38-26-15-27-39-47)41-55-58(51(4,5)6,44-32-20-12-21-33-44)45-34-22-13-23-35-45/h10-39,49H,40-41H2,1-9H3/t49-/m0/s1. The summed E-state index contributed by atoms with van der Waals surface area (Å²) in [5.74, 6) is -0.121. The van der Waals surface area contributed by atoms with Crippen molar-refractivity contribution in [3.63, 3.8) is 0 Å². The number of rotatable bonds is 15. The molecule has 0 radical (unpaired) electrons. The zero-order valence-corrected chi connectivity index (χ0v) is 39.4. The Bertz CT molecular complexity index is 2100. The maximum absolute atomic E-state index is 15.6. The first-order valence-corrected chi connectivity index (χ1v) is 26.6. The molecule has 1 atom stereocenters. The van der Waals surface area contributed by atoms with Crippen LogP contribution in [0.1, 0.15) is 62.3 Å². The second kappa shape index (κ2) is 18.0. The lowest BCUT2D eigenvalue weighted by Crippen LogP contribution is -2.70. The van der Waals surface area contributed by atoms with Crippen molar-refractivity contribution < 1.29 is 18.1 Å². The van der Waals surface area contributed by atoms with Gasteiger partial charge >= 0.3 is 0 Å². The number of hydrogen-bond acceptors (Lipinski definition) is 4. The first-order valence-electron chi connectivity index (χ1n) is 20.9. The number of benzene rings is 6. The molecule has 59 heavy (non-hydrogen) atoms. The van der Waals surface area contributed by atoms with Gasteiger partial charge in [-0.25, -0.2) is 0 Å². The second-order valence-corrected chi connectivity index (χ2v) is 31.5. The molecule has 0 N–H and O–H groups in total. The Morgan fingerprint density at radius 3 is 0.881 bits per heavy atom. The minimum absolute atomic E-state index is 0.0702. The lowest BCUT2D eigenvalue weighted by atomic mass is 10.2. The molecule has 6 aromatic carbocycles. The Morgan fingerprint density at radius 2 is 0.627 bits per heavy atom. The molecule has 306 valence electrons. The zero-order valence-electron chi connectivity index (χ0n) is 36.4. The summed E-state index contributed by atoms with van der Waals surface area (Å²) in [6.07, 6.45) is -0.943. The molecule has 0 saturated heterocycles. The number of carbonyl (C=O) groups excluding carboxylic acids is 1. The average Bonchev–Trinajstić information content (AvgIpc) is 3.23. The molecule has 0 unspecified atom stereocenters. The first kappa shape index (κ1) is 44.1. The maximum Gasteiger partial charge on any atom is 0.262 e. The van der Waals surface area contributed by atoms with Crippen molar-refractivity contribution in [2.45, 2.75) is 83.5 Å². The Kier molecular flexibility index (Phi) is 13.5. The molecule has 7 heteroatoms. The van der Waals surface area contributed by atoms with Crippen LogP contribution in [-0.2, 0) is 18.1 Å². The normalized spacial score (nSPS) is 13.5. The summed E-state index contributed by atoms with van der Waals surface area (Å²) in [5, 5.41) is 5.79. The molecular formula is C52H62O4Si3. The SMILES string of the molecule is CC(C)(C)[Si](OCC(=O)[C@H](CO[Si](c1ccccc1)(c1ccccc1)C(C)(C)C)O[Si](c1ccccc1)(c1ccccc1)C(C)(C)C)(c1ccccc1)c1ccccc1. The van der Waals surface area contributed by atoms with E-state index in [4.69, 9.17) is 13.3 Å². The van der Waals surface area contributed by atoms with Crippen molar-refractivity contribution >= 4 is 61.9 Å². The van der Waals surface area contributed by atoms with Crippen LogP contribution < -0.4 is 31.1 Å². The van der Waals surface area contributed by atoms with Crippen molar-refractivity contribution in [3.05, 3.63) is 182 Å². The van der Waals surface area contributed by atoms with Gasteiger partial charge in [-0.15, -0.1) is 0 Å². The van der Waals surface area contributed by atoms with Gasteiger partial charge in [-0.3, -0.25) is 4.79 Å². The Labute approximate surface area is 357 Å². The summed E-state index contributed by atoms with van der Waals surface area (Å²) < 4.78 is 22.8. The fourth-order valence-corrected chi connectivity index (χ4v) is 22.8. The van der Waals surface area contributed by atoms with Crippen LogP contribution >= 0.6 is 0 Å². The van der Waals surface area contributed by atoms with Crippen molar-refractivity contribution in [1.82, 2.24) is 0 Å². The third kappa shape index (κ3) is 8.74. The Morgan fingerprint density at radius 1 is 0.390 bits per heavy atom. The molecule has 0 aliphatic carbocycles. The van der Waals surface area contributed by atoms with Gasteiger partial charge in [0.2, 0.25) is 0 Å².